The van der Waals surface area contributed by atoms with Gasteiger partial charge in [-0.15, -0.1) is 0 Å². The number of benzene rings is 1. The molecule has 1 fully saturated rings. The Hall–Kier alpha value is -0.670. The van der Waals surface area contributed by atoms with Crippen molar-refractivity contribution in [3.05, 3.63) is 34.4 Å². The smallest absolute Gasteiger partial charge is 0.142 e. The highest BCUT2D eigenvalue weighted by Crippen LogP contribution is 2.28. The van der Waals surface area contributed by atoms with Gasteiger partial charge in [-0.25, -0.2) is 8.78 Å². The van der Waals surface area contributed by atoms with E-state index in [-0.39, 0.29) is 10.6 Å². The first kappa shape index (κ1) is 13.8. The summed E-state index contributed by atoms with van der Waals surface area (Å²) in [7, 11) is 0. The number of hydrogen-bond donors (Lipinski definition) is 0. The highest BCUT2D eigenvalue weighted by molar-refractivity contribution is 6.31. The second-order valence-electron chi connectivity index (χ2n) is 5.27. The number of hydrogen-bond acceptors (Lipinski definition) is 1. The molecule has 0 saturated carbocycles. The molecule has 0 aromatic heterocycles. The average Bonchev–Trinajstić information content (AvgIpc) is 2.32. The number of nitrogens with zero attached hydrogens (tertiary/aromatic N) is 1. The molecule has 0 aliphatic carbocycles. The van der Waals surface area contributed by atoms with Crippen LogP contribution in [0.25, 0.3) is 0 Å². The first-order chi connectivity index (χ1) is 8.49. The maximum atomic E-state index is 13.7. The first-order valence-corrected chi connectivity index (χ1v) is 6.73. The van der Waals surface area contributed by atoms with Gasteiger partial charge in [-0.05, 0) is 44.4 Å². The Labute approximate surface area is 112 Å². The van der Waals surface area contributed by atoms with E-state index < -0.39 is 11.6 Å². The van der Waals surface area contributed by atoms with Crippen LogP contribution in [0.3, 0.4) is 0 Å². The van der Waals surface area contributed by atoms with E-state index in [2.05, 4.69) is 18.7 Å². The van der Waals surface area contributed by atoms with Gasteiger partial charge in [-0.1, -0.05) is 18.5 Å². The molecule has 0 spiro atoms. The molecule has 1 aromatic rings. The fraction of sp³-hybridized carbons (Fsp3) is 0.571. The van der Waals surface area contributed by atoms with E-state index in [0.29, 0.717) is 18.5 Å². The average molecular weight is 274 g/mol. The van der Waals surface area contributed by atoms with Crippen LogP contribution in [0.1, 0.15) is 32.3 Å². The lowest BCUT2D eigenvalue weighted by Crippen LogP contribution is -2.39. The lowest BCUT2D eigenvalue weighted by Gasteiger charge is -2.36. The summed E-state index contributed by atoms with van der Waals surface area (Å²) in [4.78, 5) is 2.17. The van der Waals surface area contributed by atoms with E-state index in [0.717, 1.165) is 31.5 Å². The van der Waals surface area contributed by atoms with Crippen LogP contribution < -0.4 is 0 Å². The van der Waals surface area contributed by atoms with Gasteiger partial charge in [0.15, 0.2) is 0 Å². The summed E-state index contributed by atoms with van der Waals surface area (Å²) in [5.41, 5.74) is 0.276. The molecule has 0 radical (unpaired) electrons. The molecular weight excluding hydrogens is 256 g/mol. The van der Waals surface area contributed by atoms with Crippen LogP contribution in [-0.4, -0.2) is 17.5 Å². The number of halogens is 3. The van der Waals surface area contributed by atoms with Gasteiger partial charge in [0.05, 0.1) is 5.02 Å². The summed E-state index contributed by atoms with van der Waals surface area (Å²) in [5, 5.41) is -0.0826. The Kier molecular flexibility index (Phi) is 4.23. The summed E-state index contributed by atoms with van der Waals surface area (Å²) in [6.45, 7) is 5.65. The number of piperidine rings is 1. The number of rotatable bonds is 2. The predicted molar refractivity (Wildman–Crippen MR) is 69.6 cm³/mol. The summed E-state index contributed by atoms with van der Waals surface area (Å²) in [6.07, 6.45) is 2.19. The fourth-order valence-corrected chi connectivity index (χ4v) is 2.82. The van der Waals surface area contributed by atoms with E-state index in [1.807, 2.05) is 0 Å². The monoisotopic (exact) mass is 273 g/mol. The Morgan fingerprint density at radius 2 is 1.94 bits per heavy atom. The van der Waals surface area contributed by atoms with Crippen molar-refractivity contribution in [1.29, 1.82) is 0 Å². The predicted octanol–water partition coefficient (Wildman–Crippen LogP) is 4.24. The van der Waals surface area contributed by atoms with Gasteiger partial charge < -0.3 is 0 Å². The minimum atomic E-state index is -0.550. The van der Waals surface area contributed by atoms with Crippen LogP contribution in [0.5, 0.6) is 0 Å². The topological polar surface area (TPSA) is 3.24 Å². The standard InChI is InChI=1S/C14H18ClF2N/c1-9-5-6-18(10(2)7-9)8-11-12(16)3-4-13(17)14(11)15/h3-4,9-10H,5-8H2,1-2H3. The van der Waals surface area contributed by atoms with Crippen molar-refractivity contribution in [1.82, 2.24) is 4.90 Å². The molecule has 1 aliphatic heterocycles. The molecular formula is C14H18ClF2N. The Bertz CT molecular complexity index is 436. The summed E-state index contributed by atoms with van der Waals surface area (Å²) in [5.74, 6) is -0.276. The van der Waals surface area contributed by atoms with Crippen molar-refractivity contribution in [2.75, 3.05) is 6.54 Å². The van der Waals surface area contributed by atoms with Crippen LogP contribution >= 0.6 is 11.6 Å². The molecule has 1 aromatic carbocycles. The third kappa shape index (κ3) is 2.83. The summed E-state index contributed by atoms with van der Waals surface area (Å²) >= 11 is 5.85. The van der Waals surface area contributed by atoms with Crippen LogP contribution in [-0.2, 0) is 6.54 Å². The van der Waals surface area contributed by atoms with Crippen molar-refractivity contribution < 1.29 is 8.78 Å². The third-order valence-electron chi connectivity index (χ3n) is 3.78. The quantitative estimate of drug-likeness (QED) is 0.729. The van der Waals surface area contributed by atoms with Crippen molar-refractivity contribution in [3.8, 4) is 0 Å². The molecule has 1 nitrogen and oxygen atoms in total. The first-order valence-electron chi connectivity index (χ1n) is 6.35. The van der Waals surface area contributed by atoms with Crippen molar-refractivity contribution >= 4 is 11.6 Å². The fourth-order valence-electron chi connectivity index (χ4n) is 2.61. The maximum Gasteiger partial charge on any atom is 0.142 e. The molecule has 1 aliphatic rings. The second kappa shape index (κ2) is 5.54. The highest BCUT2D eigenvalue weighted by atomic mass is 35.5. The Morgan fingerprint density at radius 1 is 1.28 bits per heavy atom. The van der Waals surface area contributed by atoms with Crippen LogP contribution in [0.15, 0.2) is 12.1 Å². The SMILES string of the molecule is CC1CCN(Cc2c(F)ccc(F)c2Cl)C(C)C1. The molecule has 2 rings (SSSR count). The van der Waals surface area contributed by atoms with E-state index in [1.165, 1.54) is 0 Å². The van der Waals surface area contributed by atoms with Crippen molar-refractivity contribution in [2.45, 2.75) is 39.3 Å². The van der Waals surface area contributed by atoms with Gasteiger partial charge in [-0.3, -0.25) is 4.90 Å². The molecule has 0 amide bonds. The van der Waals surface area contributed by atoms with Gasteiger partial charge >= 0.3 is 0 Å². The number of likely N-dealkylation sites (tertiary alicyclic amines) is 1. The molecule has 0 N–H and O–H groups in total. The van der Waals surface area contributed by atoms with Crippen molar-refractivity contribution in [2.24, 2.45) is 5.92 Å². The zero-order valence-corrected chi connectivity index (χ0v) is 11.5. The molecule has 0 bridgehead atoms. The Morgan fingerprint density at radius 3 is 2.61 bits per heavy atom. The van der Waals surface area contributed by atoms with Crippen LogP contribution in [0.4, 0.5) is 8.78 Å². The van der Waals surface area contributed by atoms with Gasteiger partial charge in [-0.2, -0.15) is 0 Å². The summed E-state index contributed by atoms with van der Waals surface area (Å²) < 4.78 is 27.1. The van der Waals surface area contributed by atoms with Crippen LogP contribution in [0.2, 0.25) is 5.02 Å². The van der Waals surface area contributed by atoms with E-state index in [9.17, 15) is 8.78 Å². The van der Waals surface area contributed by atoms with Gasteiger partial charge in [0, 0.05) is 18.2 Å². The lowest BCUT2D eigenvalue weighted by atomic mass is 9.93. The molecule has 2 atom stereocenters. The Balaban J connectivity index is 2.17. The largest absolute Gasteiger partial charge is 0.296 e. The molecule has 100 valence electrons. The molecule has 2 unspecified atom stereocenters. The lowest BCUT2D eigenvalue weighted by molar-refractivity contribution is 0.120. The second-order valence-corrected chi connectivity index (χ2v) is 5.65. The molecule has 4 heteroatoms. The maximum absolute atomic E-state index is 13.7. The van der Waals surface area contributed by atoms with E-state index in [1.54, 1.807) is 0 Å². The normalized spacial score (nSPS) is 25.4. The zero-order chi connectivity index (χ0) is 13.3. The summed E-state index contributed by atoms with van der Waals surface area (Å²) in [6, 6.07) is 2.60. The minimum Gasteiger partial charge on any atom is -0.296 e. The van der Waals surface area contributed by atoms with E-state index >= 15 is 0 Å². The van der Waals surface area contributed by atoms with Crippen LogP contribution in [0, 0.1) is 17.6 Å². The van der Waals surface area contributed by atoms with Crippen molar-refractivity contribution in [3.63, 3.8) is 0 Å². The van der Waals surface area contributed by atoms with E-state index in [4.69, 9.17) is 11.6 Å². The highest BCUT2D eigenvalue weighted by Gasteiger charge is 2.25. The van der Waals surface area contributed by atoms with Gasteiger partial charge in [0.1, 0.15) is 11.6 Å². The zero-order valence-electron chi connectivity index (χ0n) is 10.7. The van der Waals surface area contributed by atoms with Gasteiger partial charge in [0.2, 0.25) is 0 Å². The molecule has 18 heavy (non-hydrogen) atoms. The third-order valence-corrected chi connectivity index (χ3v) is 4.18. The molecule has 1 heterocycles. The molecule has 1 saturated heterocycles. The van der Waals surface area contributed by atoms with Gasteiger partial charge in [0.25, 0.3) is 0 Å². The minimum absolute atomic E-state index is 0.0826.